The number of carbonyl (C=O) groups excluding carboxylic acids is 1. The topological polar surface area (TPSA) is 117 Å². The number of nitrogens with zero attached hydrogens (tertiary/aromatic N) is 3. The molecule has 3 aromatic rings. The number of fused-ring (bicyclic) bond motifs is 1. The minimum absolute atomic E-state index is 0.0659. The van der Waals surface area contributed by atoms with Gasteiger partial charge in [-0.2, -0.15) is 10.2 Å². The van der Waals surface area contributed by atoms with E-state index in [-0.39, 0.29) is 34.4 Å². The SMILES string of the molecule is CC(C)n1nc(C(=O)N/N=C/c2cccc(O)c2O)c2ccccc2c1=O. The summed E-state index contributed by atoms with van der Waals surface area (Å²) in [7, 11) is 0. The first kappa shape index (κ1) is 18.1. The molecule has 0 aliphatic heterocycles. The second kappa shape index (κ2) is 7.28. The normalized spacial score (nSPS) is 11.4. The minimum Gasteiger partial charge on any atom is -0.504 e. The van der Waals surface area contributed by atoms with Crippen molar-refractivity contribution in [2.24, 2.45) is 5.10 Å². The summed E-state index contributed by atoms with van der Waals surface area (Å²) in [5, 5.41) is 28.0. The predicted octanol–water partition coefficient (Wildman–Crippen LogP) is 2.15. The first-order chi connectivity index (χ1) is 12.9. The van der Waals surface area contributed by atoms with E-state index in [4.69, 9.17) is 0 Å². The fraction of sp³-hybridized carbons (Fsp3) is 0.158. The number of nitrogens with one attached hydrogen (secondary N) is 1. The second-order valence-corrected chi connectivity index (χ2v) is 6.15. The van der Waals surface area contributed by atoms with E-state index in [1.54, 1.807) is 38.1 Å². The van der Waals surface area contributed by atoms with E-state index in [1.165, 1.54) is 29.1 Å². The Morgan fingerprint density at radius 1 is 1.15 bits per heavy atom. The highest BCUT2D eigenvalue weighted by atomic mass is 16.3. The van der Waals surface area contributed by atoms with Crippen molar-refractivity contribution in [1.29, 1.82) is 0 Å². The van der Waals surface area contributed by atoms with Gasteiger partial charge in [-0.05, 0) is 32.0 Å². The van der Waals surface area contributed by atoms with Gasteiger partial charge >= 0.3 is 0 Å². The summed E-state index contributed by atoms with van der Waals surface area (Å²) < 4.78 is 1.25. The number of hydrogen-bond donors (Lipinski definition) is 3. The van der Waals surface area contributed by atoms with Crippen LogP contribution in [0, 0.1) is 0 Å². The number of benzene rings is 2. The van der Waals surface area contributed by atoms with Crippen molar-refractivity contribution < 1.29 is 15.0 Å². The van der Waals surface area contributed by atoms with Crippen LogP contribution in [0.25, 0.3) is 10.8 Å². The number of rotatable bonds is 4. The standard InChI is InChI=1S/C19H18N4O4/c1-11(2)23-19(27)14-8-4-3-7-13(14)16(22-23)18(26)21-20-10-12-6-5-9-15(24)17(12)25/h3-11,24-25H,1-2H3,(H,21,26)/b20-10+. The van der Waals surface area contributed by atoms with E-state index < -0.39 is 5.91 Å². The Labute approximate surface area is 154 Å². The van der Waals surface area contributed by atoms with Gasteiger partial charge < -0.3 is 10.2 Å². The Bertz CT molecular complexity index is 1100. The van der Waals surface area contributed by atoms with Crippen LogP contribution in [0.5, 0.6) is 11.5 Å². The molecule has 0 bridgehead atoms. The van der Waals surface area contributed by atoms with Crippen LogP contribution in [0.15, 0.2) is 52.4 Å². The number of hydrazone groups is 1. The van der Waals surface area contributed by atoms with Gasteiger partial charge in [0.25, 0.3) is 11.5 Å². The molecule has 0 atom stereocenters. The average molecular weight is 366 g/mol. The van der Waals surface area contributed by atoms with E-state index >= 15 is 0 Å². The van der Waals surface area contributed by atoms with Crippen LogP contribution in [0.4, 0.5) is 0 Å². The molecule has 0 aliphatic rings. The van der Waals surface area contributed by atoms with E-state index in [1.807, 2.05) is 0 Å². The van der Waals surface area contributed by atoms with Gasteiger partial charge in [0, 0.05) is 10.9 Å². The van der Waals surface area contributed by atoms with E-state index in [9.17, 15) is 19.8 Å². The number of aromatic nitrogens is 2. The molecule has 1 aromatic heterocycles. The molecule has 3 N–H and O–H groups in total. The summed E-state index contributed by atoms with van der Waals surface area (Å²) in [5.74, 6) is -1.23. The lowest BCUT2D eigenvalue weighted by atomic mass is 10.1. The monoisotopic (exact) mass is 366 g/mol. The lowest BCUT2D eigenvalue weighted by Crippen LogP contribution is -2.30. The van der Waals surface area contributed by atoms with Gasteiger partial charge in [0.15, 0.2) is 17.2 Å². The van der Waals surface area contributed by atoms with Crippen LogP contribution in [0.2, 0.25) is 0 Å². The molecular weight excluding hydrogens is 348 g/mol. The summed E-state index contributed by atoms with van der Waals surface area (Å²) in [6.07, 6.45) is 1.20. The van der Waals surface area contributed by atoms with E-state index in [2.05, 4.69) is 15.6 Å². The highest BCUT2D eigenvalue weighted by molar-refractivity contribution is 6.05. The Balaban J connectivity index is 1.96. The Kier molecular flexibility index (Phi) is 4.89. The van der Waals surface area contributed by atoms with Gasteiger partial charge in [-0.3, -0.25) is 9.59 Å². The number of hydrogen-bond acceptors (Lipinski definition) is 6. The Morgan fingerprint density at radius 2 is 1.85 bits per heavy atom. The third-order valence-electron chi connectivity index (χ3n) is 3.95. The highest BCUT2D eigenvalue weighted by Crippen LogP contribution is 2.26. The summed E-state index contributed by atoms with van der Waals surface area (Å²) >= 11 is 0. The fourth-order valence-electron chi connectivity index (χ4n) is 2.59. The number of para-hydroxylation sites is 1. The minimum atomic E-state index is -0.600. The molecule has 3 rings (SSSR count). The number of carbonyl (C=O) groups is 1. The third-order valence-corrected chi connectivity index (χ3v) is 3.95. The molecule has 2 aromatic carbocycles. The Morgan fingerprint density at radius 3 is 2.56 bits per heavy atom. The van der Waals surface area contributed by atoms with Crippen LogP contribution in [0.1, 0.15) is 35.9 Å². The Hall–Kier alpha value is -3.68. The number of phenols is 2. The molecule has 138 valence electrons. The number of amides is 1. The smallest absolute Gasteiger partial charge is 0.292 e. The van der Waals surface area contributed by atoms with Gasteiger partial charge in [0.1, 0.15) is 0 Å². The molecule has 27 heavy (non-hydrogen) atoms. The highest BCUT2D eigenvalue weighted by Gasteiger charge is 2.17. The number of aromatic hydroxyl groups is 2. The van der Waals surface area contributed by atoms with Crippen LogP contribution in [-0.4, -0.2) is 32.1 Å². The van der Waals surface area contributed by atoms with Crippen LogP contribution < -0.4 is 11.0 Å². The maximum Gasteiger partial charge on any atom is 0.292 e. The van der Waals surface area contributed by atoms with Crippen molar-refractivity contribution in [3.8, 4) is 11.5 Å². The van der Waals surface area contributed by atoms with Crippen molar-refractivity contribution in [3.05, 3.63) is 64.1 Å². The molecule has 0 spiro atoms. The molecule has 8 nitrogen and oxygen atoms in total. The maximum atomic E-state index is 12.6. The molecule has 0 radical (unpaired) electrons. The average Bonchev–Trinajstić information content (AvgIpc) is 2.65. The van der Waals surface area contributed by atoms with Crippen molar-refractivity contribution in [3.63, 3.8) is 0 Å². The van der Waals surface area contributed by atoms with Crippen LogP contribution >= 0.6 is 0 Å². The quantitative estimate of drug-likeness (QED) is 0.372. The summed E-state index contributed by atoms with van der Waals surface area (Å²) in [6, 6.07) is 10.9. The van der Waals surface area contributed by atoms with E-state index in [0.29, 0.717) is 10.8 Å². The molecular formula is C19H18N4O4. The van der Waals surface area contributed by atoms with Crippen molar-refractivity contribution in [2.75, 3.05) is 0 Å². The molecule has 8 heteroatoms. The first-order valence-electron chi connectivity index (χ1n) is 8.26. The van der Waals surface area contributed by atoms with Gasteiger partial charge in [-0.1, -0.05) is 24.3 Å². The molecule has 1 heterocycles. The molecule has 0 saturated carbocycles. The zero-order valence-electron chi connectivity index (χ0n) is 14.7. The zero-order chi connectivity index (χ0) is 19.6. The van der Waals surface area contributed by atoms with Crippen LogP contribution in [0.3, 0.4) is 0 Å². The molecule has 0 unspecified atom stereocenters. The first-order valence-corrected chi connectivity index (χ1v) is 8.26. The van der Waals surface area contributed by atoms with Gasteiger partial charge in [0.2, 0.25) is 0 Å². The summed E-state index contributed by atoms with van der Waals surface area (Å²) in [5.41, 5.74) is 2.36. The lowest BCUT2D eigenvalue weighted by molar-refractivity contribution is 0.0949. The molecule has 1 amide bonds. The van der Waals surface area contributed by atoms with Gasteiger partial charge in [0.05, 0.1) is 17.6 Å². The summed E-state index contributed by atoms with van der Waals surface area (Å²) in [6.45, 7) is 3.60. The second-order valence-electron chi connectivity index (χ2n) is 6.15. The largest absolute Gasteiger partial charge is 0.504 e. The zero-order valence-corrected chi connectivity index (χ0v) is 14.7. The fourth-order valence-corrected chi connectivity index (χ4v) is 2.59. The van der Waals surface area contributed by atoms with E-state index in [0.717, 1.165) is 0 Å². The molecule has 0 fully saturated rings. The molecule has 0 saturated heterocycles. The van der Waals surface area contributed by atoms with Crippen molar-refractivity contribution in [2.45, 2.75) is 19.9 Å². The third kappa shape index (κ3) is 3.50. The van der Waals surface area contributed by atoms with Gasteiger partial charge in [-0.15, -0.1) is 0 Å². The van der Waals surface area contributed by atoms with Crippen LogP contribution in [-0.2, 0) is 0 Å². The lowest BCUT2D eigenvalue weighted by Gasteiger charge is -2.12. The summed E-state index contributed by atoms with van der Waals surface area (Å²) in [4.78, 5) is 25.1. The molecule has 0 aliphatic carbocycles. The van der Waals surface area contributed by atoms with Crippen molar-refractivity contribution >= 4 is 22.9 Å². The van der Waals surface area contributed by atoms with Crippen molar-refractivity contribution in [1.82, 2.24) is 15.2 Å². The maximum absolute atomic E-state index is 12.6. The predicted molar refractivity (Wildman–Crippen MR) is 101 cm³/mol. The van der Waals surface area contributed by atoms with Gasteiger partial charge in [-0.25, -0.2) is 10.1 Å². The number of phenolic OH excluding ortho intramolecular Hbond substituents is 2.